The molecule has 0 radical (unpaired) electrons. The first-order valence-electron chi connectivity index (χ1n) is 13.6. The van der Waals surface area contributed by atoms with Crippen molar-refractivity contribution in [2.75, 3.05) is 0 Å². The van der Waals surface area contributed by atoms with Crippen LogP contribution in [0.3, 0.4) is 0 Å². The fraction of sp³-hybridized carbons (Fsp3) is 0.733. The Labute approximate surface area is 200 Å². The first-order valence-corrected chi connectivity index (χ1v) is 20.9. The molecule has 0 aromatic carbocycles. The van der Waals surface area contributed by atoms with Gasteiger partial charge in [-0.05, 0) is 0 Å². The van der Waals surface area contributed by atoms with Crippen LogP contribution in [0.5, 0.6) is 0 Å². The molecule has 2 unspecified atom stereocenters. The summed E-state index contributed by atoms with van der Waals surface area (Å²) < 4.78 is 6.42. The molecule has 0 nitrogen and oxygen atoms in total. The first kappa shape index (κ1) is 27.1. The van der Waals surface area contributed by atoms with Crippen LogP contribution in [-0.4, -0.2) is 0 Å². The predicted molar refractivity (Wildman–Crippen MR) is 139 cm³/mol. The fourth-order valence-corrected chi connectivity index (χ4v) is 20.4. The maximum atomic E-state index is 2.83. The molecule has 0 fully saturated rings. The third-order valence-corrected chi connectivity index (χ3v) is 24.0. The average molecular weight is 504 g/mol. The summed E-state index contributed by atoms with van der Waals surface area (Å²) in [6.07, 6.45) is 26.6. The van der Waals surface area contributed by atoms with Crippen molar-refractivity contribution in [2.24, 2.45) is 0 Å². The Morgan fingerprint density at radius 2 is 0.968 bits per heavy atom. The van der Waals surface area contributed by atoms with Crippen molar-refractivity contribution in [3.8, 4) is 0 Å². The molecule has 0 spiro atoms. The van der Waals surface area contributed by atoms with E-state index >= 15 is 0 Å². The molecule has 176 valence electrons. The van der Waals surface area contributed by atoms with Gasteiger partial charge in [0.25, 0.3) is 0 Å². The molecule has 0 bridgehead atoms. The van der Waals surface area contributed by atoms with Crippen molar-refractivity contribution in [3.63, 3.8) is 0 Å². The molecule has 2 atom stereocenters. The molecule has 0 saturated carbocycles. The SMILES string of the molecule is CCCCC1=C(C)[C](CCCC)([Zr]([CH3])([CH3])[C]2(CCCC)C=CC(CCCC)=C2C)C=C1. The molecule has 2 aliphatic carbocycles. The number of hydrogen-bond acceptors (Lipinski definition) is 0. The van der Waals surface area contributed by atoms with E-state index in [0.717, 1.165) is 0 Å². The molecule has 2 aliphatic rings. The van der Waals surface area contributed by atoms with Gasteiger partial charge in [0.05, 0.1) is 0 Å². The van der Waals surface area contributed by atoms with E-state index in [-0.39, 0.29) is 0 Å². The van der Waals surface area contributed by atoms with Gasteiger partial charge in [-0.2, -0.15) is 0 Å². The summed E-state index contributed by atoms with van der Waals surface area (Å²) in [5, 5.41) is 0. The zero-order valence-corrected chi connectivity index (χ0v) is 24.8. The Kier molecular flexibility index (Phi) is 10.3. The fourth-order valence-electron chi connectivity index (χ4n) is 6.66. The third kappa shape index (κ3) is 5.03. The van der Waals surface area contributed by atoms with Crippen molar-refractivity contribution in [2.45, 2.75) is 134 Å². The summed E-state index contributed by atoms with van der Waals surface area (Å²) in [5.41, 5.74) is 6.91. The van der Waals surface area contributed by atoms with E-state index in [1.807, 2.05) is 0 Å². The van der Waals surface area contributed by atoms with Crippen LogP contribution in [0.25, 0.3) is 0 Å². The van der Waals surface area contributed by atoms with Crippen molar-refractivity contribution < 1.29 is 20.3 Å². The van der Waals surface area contributed by atoms with E-state index in [4.69, 9.17) is 0 Å². The first-order chi connectivity index (χ1) is 14.8. The van der Waals surface area contributed by atoms with Gasteiger partial charge in [0.2, 0.25) is 0 Å². The predicted octanol–water partition coefficient (Wildman–Crippen LogP) is 11.1. The Morgan fingerprint density at radius 3 is 1.29 bits per heavy atom. The molecule has 0 aromatic heterocycles. The van der Waals surface area contributed by atoms with E-state index in [2.05, 4.69) is 75.1 Å². The molecule has 0 saturated heterocycles. The Morgan fingerprint density at radius 1 is 0.613 bits per heavy atom. The van der Waals surface area contributed by atoms with Gasteiger partial charge in [0, 0.05) is 0 Å². The van der Waals surface area contributed by atoms with Gasteiger partial charge < -0.3 is 0 Å². The van der Waals surface area contributed by atoms with Crippen molar-refractivity contribution >= 4 is 0 Å². The van der Waals surface area contributed by atoms with E-state index in [0.29, 0.717) is 6.25 Å². The molecule has 1 heteroatoms. The van der Waals surface area contributed by atoms with Crippen LogP contribution in [0.4, 0.5) is 0 Å². The zero-order valence-electron chi connectivity index (χ0n) is 22.3. The summed E-state index contributed by atoms with van der Waals surface area (Å²) in [6, 6.07) is 0. The maximum absolute atomic E-state index is 2.83. The van der Waals surface area contributed by atoms with E-state index < -0.39 is 20.3 Å². The van der Waals surface area contributed by atoms with Gasteiger partial charge in [-0.25, -0.2) is 0 Å². The summed E-state index contributed by atoms with van der Waals surface area (Å²) in [6.45, 7) is 14.5. The summed E-state index contributed by atoms with van der Waals surface area (Å²) in [5.74, 6) is 0. The normalized spacial score (nSPS) is 26.1. The van der Waals surface area contributed by atoms with Crippen molar-refractivity contribution in [1.29, 1.82) is 0 Å². The van der Waals surface area contributed by atoms with Gasteiger partial charge in [-0.3, -0.25) is 0 Å². The molecule has 0 aliphatic heterocycles. The molecule has 0 N–H and O–H groups in total. The number of allylic oxidation sites excluding steroid dienone is 8. The van der Waals surface area contributed by atoms with E-state index in [9.17, 15) is 0 Å². The molecular formula is C30H52Zr. The molecular weight excluding hydrogens is 452 g/mol. The van der Waals surface area contributed by atoms with Gasteiger partial charge >= 0.3 is 201 Å². The van der Waals surface area contributed by atoms with Crippen LogP contribution in [0, 0.1) is 0 Å². The Balaban J connectivity index is 2.60. The van der Waals surface area contributed by atoms with Gasteiger partial charge in [0.15, 0.2) is 0 Å². The molecule has 0 amide bonds. The van der Waals surface area contributed by atoms with Crippen LogP contribution in [0.1, 0.15) is 119 Å². The molecule has 0 aromatic rings. The topological polar surface area (TPSA) is 0 Å². The Bertz CT molecular complexity index is 657. The summed E-state index contributed by atoms with van der Waals surface area (Å²) in [4.78, 5) is 0. The monoisotopic (exact) mass is 502 g/mol. The third-order valence-electron chi connectivity index (χ3n) is 9.12. The van der Waals surface area contributed by atoms with Crippen LogP contribution >= 0.6 is 0 Å². The van der Waals surface area contributed by atoms with Crippen LogP contribution in [0.2, 0.25) is 15.5 Å². The average Bonchev–Trinajstić information content (AvgIpc) is 3.26. The summed E-state index contributed by atoms with van der Waals surface area (Å²) >= 11 is -2.79. The molecule has 31 heavy (non-hydrogen) atoms. The van der Waals surface area contributed by atoms with Gasteiger partial charge in [0.1, 0.15) is 0 Å². The quantitative estimate of drug-likeness (QED) is 0.221. The second kappa shape index (κ2) is 11.8. The van der Waals surface area contributed by atoms with Crippen molar-refractivity contribution in [1.82, 2.24) is 0 Å². The van der Waals surface area contributed by atoms with Gasteiger partial charge in [-0.1, -0.05) is 0 Å². The molecule has 0 heterocycles. The number of rotatable bonds is 14. The Hall–Kier alpha value is -0.157. The van der Waals surface area contributed by atoms with E-state index in [1.54, 1.807) is 22.3 Å². The van der Waals surface area contributed by atoms with E-state index in [1.165, 1.54) is 77.0 Å². The van der Waals surface area contributed by atoms with Crippen molar-refractivity contribution in [3.05, 3.63) is 46.6 Å². The second-order valence-electron chi connectivity index (χ2n) is 10.9. The zero-order chi connectivity index (χ0) is 23.1. The number of hydrogen-bond donors (Lipinski definition) is 0. The van der Waals surface area contributed by atoms with Crippen LogP contribution < -0.4 is 0 Å². The standard InChI is InChI=1S/2C14H23.2CH3.Zr/c2*1-4-6-8-13-10-11-14(12(13)3)9-7-5-2;;;/h2*10-11H,4-9H2,1-3H3;2*1H3;. The van der Waals surface area contributed by atoms with Gasteiger partial charge in [-0.15, -0.1) is 0 Å². The molecule has 2 rings (SSSR count). The van der Waals surface area contributed by atoms with Crippen LogP contribution in [0.15, 0.2) is 46.6 Å². The summed E-state index contributed by atoms with van der Waals surface area (Å²) in [7, 11) is 0. The second-order valence-corrected chi connectivity index (χ2v) is 23.3. The minimum atomic E-state index is -2.79. The van der Waals surface area contributed by atoms with Crippen LogP contribution in [-0.2, 0) is 20.3 Å². The number of unbranched alkanes of at least 4 members (excludes halogenated alkanes) is 4. The minimum absolute atomic E-state index is 0.382.